The number of unbranched alkanes of at least 4 members (excludes halogenated alkanes) is 2. The van der Waals surface area contributed by atoms with Crippen LogP contribution in [-0.2, 0) is 23.9 Å². The highest BCUT2D eigenvalue weighted by Crippen LogP contribution is 2.26. The highest BCUT2D eigenvalue weighted by atomic mass is 16.6. The third-order valence-electron chi connectivity index (χ3n) is 5.07. The minimum atomic E-state index is -1.09. The van der Waals surface area contributed by atoms with Crippen molar-refractivity contribution in [2.24, 2.45) is 0 Å². The predicted molar refractivity (Wildman–Crippen MR) is 135 cm³/mol. The van der Waals surface area contributed by atoms with Crippen molar-refractivity contribution in [1.29, 1.82) is 0 Å². The number of phenolic OH excluding ortho intramolecular Hbond substituents is 1. The molecule has 10 nitrogen and oxygen atoms in total. The number of ether oxygens (including phenoxy) is 2. The van der Waals surface area contributed by atoms with E-state index in [0.29, 0.717) is 12.0 Å². The zero-order valence-corrected chi connectivity index (χ0v) is 22.3. The monoisotopic (exact) mass is 507 g/mol. The lowest BCUT2D eigenvalue weighted by molar-refractivity contribution is -0.144. The molecular weight excluding hydrogens is 466 g/mol. The van der Waals surface area contributed by atoms with Crippen LogP contribution in [0.2, 0.25) is 0 Å². The van der Waals surface area contributed by atoms with Crippen molar-refractivity contribution in [2.75, 3.05) is 19.7 Å². The van der Waals surface area contributed by atoms with Crippen LogP contribution in [-0.4, -0.2) is 65.2 Å². The third-order valence-corrected chi connectivity index (χ3v) is 5.07. The van der Waals surface area contributed by atoms with E-state index in [-0.39, 0.29) is 31.9 Å². The fourth-order valence-electron chi connectivity index (χ4n) is 3.48. The number of phenols is 1. The molecule has 0 radical (unpaired) electrons. The molecule has 0 fully saturated rings. The maximum absolute atomic E-state index is 13.5. The third kappa shape index (κ3) is 11.0. The van der Waals surface area contributed by atoms with Crippen molar-refractivity contribution < 1.29 is 33.8 Å². The van der Waals surface area contributed by atoms with Gasteiger partial charge in [-0.15, -0.1) is 0 Å². The lowest BCUT2D eigenvalue weighted by Crippen LogP contribution is -2.52. The van der Waals surface area contributed by atoms with Crippen molar-refractivity contribution in [2.45, 2.75) is 84.9 Å². The Balaban J connectivity index is 3.23. The highest BCUT2D eigenvalue weighted by Gasteiger charge is 2.34. The molecule has 10 heteroatoms. The van der Waals surface area contributed by atoms with Crippen molar-refractivity contribution in [3.05, 3.63) is 29.8 Å². The summed E-state index contributed by atoms with van der Waals surface area (Å²) in [5, 5.41) is 15.3. The molecule has 0 saturated carbocycles. The highest BCUT2D eigenvalue weighted by molar-refractivity contribution is 5.92. The number of carbonyl (C=O) groups is 4. The zero-order chi connectivity index (χ0) is 27.3. The van der Waals surface area contributed by atoms with Gasteiger partial charge in [-0.3, -0.25) is 14.4 Å². The zero-order valence-electron chi connectivity index (χ0n) is 22.3. The Kier molecular flexibility index (Phi) is 12.8. The lowest BCUT2D eigenvalue weighted by Gasteiger charge is -2.33. The molecular formula is C26H41N3O7. The SMILES string of the molecule is CCCCCN(C(=O)C(C)NC(=O)OC(C)(C)C)C(C(=O)NCCC(=O)OCC)c1cccc(O)c1. The standard InChI is InChI=1S/C26H41N3O7/c1-7-9-10-16-29(24(33)18(3)28-25(34)36-26(4,5)6)22(19-12-11-13-20(30)17-19)23(32)27-15-14-21(31)35-8-2/h11-13,17-18,22,30H,7-10,14-16H2,1-6H3,(H,27,32)(H,28,34). The number of esters is 1. The van der Waals surface area contributed by atoms with Crippen LogP contribution in [0.15, 0.2) is 24.3 Å². The van der Waals surface area contributed by atoms with E-state index in [1.807, 2.05) is 6.92 Å². The first-order chi connectivity index (χ1) is 16.9. The molecule has 3 amide bonds. The Morgan fingerprint density at radius 3 is 2.39 bits per heavy atom. The molecule has 3 N–H and O–H groups in total. The predicted octanol–water partition coefficient (Wildman–Crippen LogP) is 3.43. The summed E-state index contributed by atoms with van der Waals surface area (Å²) in [5.41, 5.74) is -0.339. The van der Waals surface area contributed by atoms with Crippen molar-refractivity contribution in [3.8, 4) is 5.75 Å². The summed E-state index contributed by atoms with van der Waals surface area (Å²) in [7, 11) is 0. The van der Waals surface area contributed by atoms with Crippen LogP contribution in [0, 0.1) is 0 Å². The van der Waals surface area contributed by atoms with E-state index in [1.165, 1.54) is 24.0 Å². The van der Waals surface area contributed by atoms with E-state index < -0.39 is 41.6 Å². The number of carbonyl (C=O) groups excluding carboxylic acids is 4. The number of rotatable bonds is 13. The van der Waals surface area contributed by atoms with Gasteiger partial charge in [0.1, 0.15) is 23.4 Å². The maximum Gasteiger partial charge on any atom is 0.408 e. The van der Waals surface area contributed by atoms with Gasteiger partial charge < -0.3 is 30.1 Å². The number of nitrogens with one attached hydrogen (secondary N) is 2. The van der Waals surface area contributed by atoms with Gasteiger partial charge >= 0.3 is 12.1 Å². The molecule has 0 aliphatic rings. The molecule has 1 aromatic rings. The first-order valence-corrected chi connectivity index (χ1v) is 12.4. The second kappa shape index (κ2) is 15.0. The van der Waals surface area contributed by atoms with Gasteiger partial charge in [-0.25, -0.2) is 4.79 Å². The van der Waals surface area contributed by atoms with Crippen molar-refractivity contribution in [1.82, 2.24) is 15.5 Å². The fraction of sp³-hybridized carbons (Fsp3) is 0.615. The summed E-state index contributed by atoms with van der Waals surface area (Å²) in [5.74, 6) is -1.50. The Morgan fingerprint density at radius 2 is 1.81 bits per heavy atom. The van der Waals surface area contributed by atoms with Crippen molar-refractivity contribution in [3.63, 3.8) is 0 Å². The number of alkyl carbamates (subject to hydrolysis) is 1. The molecule has 202 valence electrons. The Labute approximate surface area is 213 Å². The second-order valence-electron chi connectivity index (χ2n) is 9.45. The molecule has 0 spiro atoms. The normalized spacial score (nSPS) is 12.7. The van der Waals surface area contributed by atoms with E-state index in [4.69, 9.17) is 9.47 Å². The van der Waals surface area contributed by atoms with Gasteiger partial charge in [0, 0.05) is 13.1 Å². The molecule has 0 aliphatic heterocycles. The summed E-state index contributed by atoms with van der Waals surface area (Å²) in [4.78, 5) is 52.3. The molecule has 0 saturated heterocycles. The number of amides is 3. The molecule has 0 aliphatic carbocycles. The topological polar surface area (TPSA) is 134 Å². The van der Waals surface area contributed by atoms with E-state index >= 15 is 0 Å². The summed E-state index contributed by atoms with van der Waals surface area (Å²) in [6.07, 6.45) is 1.59. The van der Waals surface area contributed by atoms with E-state index in [9.17, 15) is 24.3 Å². The van der Waals surface area contributed by atoms with Crippen LogP contribution in [0.3, 0.4) is 0 Å². The Hall–Kier alpha value is -3.30. The molecule has 0 bridgehead atoms. The minimum absolute atomic E-state index is 0.0211. The lowest BCUT2D eigenvalue weighted by atomic mass is 10.0. The number of nitrogens with zero attached hydrogens (tertiary/aromatic N) is 1. The summed E-state index contributed by atoms with van der Waals surface area (Å²) in [6, 6.07) is 4.04. The molecule has 0 aromatic heterocycles. The Morgan fingerprint density at radius 1 is 1.11 bits per heavy atom. The molecule has 0 heterocycles. The van der Waals surface area contributed by atoms with Gasteiger partial charge in [0.05, 0.1) is 13.0 Å². The molecule has 1 rings (SSSR count). The first kappa shape index (κ1) is 30.7. The molecule has 36 heavy (non-hydrogen) atoms. The number of benzene rings is 1. The molecule has 2 atom stereocenters. The van der Waals surface area contributed by atoms with Crippen LogP contribution >= 0.6 is 0 Å². The van der Waals surface area contributed by atoms with E-state index in [2.05, 4.69) is 10.6 Å². The average molecular weight is 508 g/mol. The second-order valence-corrected chi connectivity index (χ2v) is 9.45. The first-order valence-electron chi connectivity index (χ1n) is 12.4. The quantitative estimate of drug-likeness (QED) is 0.275. The molecule has 2 unspecified atom stereocenters. The van der Waals surface area contributed by atoms with Crippen LogP contribution in [0.5, 0.6) is 5.75 Å². The van der Waals surface area contributed by atoms with Crippen LogP contribution in [0.4, 0.5) is 4.79 Å². The largest absolute Gasteiger partial charge is 0.508 e. The fourth-order valence-corrected chi connectivity index (χ4v) is 3.48. The maximum atomic E-state index is 13.5. The van der Waals surface area contributed by atoms with Gasteiger partial charge in [-0.2, -0.15) is 0 Å². The summed E-state index contributed by atoms with van der Waals surface area (Å²) in [6.45, 7) is 10.9. The van der Waals surface area contributed by atoms with Crippen LogP contribution < -0.4 is 10.6 Å². The summed E-state index contributed by atoms with van der Waals surface area (Å²) < 4.78 is 10.2. The van der Waals surface area contributed by atoms with Gasteiger partial charge in [0.2, 0.25) is 11.8 Å². The van der Waals surface area contributed by atoms with Crippen LogP contribution in [0.1, 0.15) is 78.8 Å². The van der Waals surface area contributed by atoms with E-state index in [1.54, 1.807) is 39.8 Å². The van der Waals surface area contributed by atoms with Gasteiger partial charge in [0.25, 0.3) is 0 Å². The molecule has 1 aromatic carbocycles. The Bertz CT molecular complexity index is 883. The van der Waals surface area contributed by atoms with Gasteiger partial charge in [-0.05, 0) is 58.7 Å². The number of hydrogen-bond acceptors (Lipinski definition) is 7. The summed E-state index contributed by atoms with van der Waals surface area (Å²) >= 11 is 0. The van der Waals surface area contributed by atoms with E-state index in [0.717, 1.165) is 12.8 Å². The van der Waals surface area contributed by atoms with Crippen molar-refractivity contribution >= 4 is 23.9 Å². The smallest absolute Gasteiger partial charge is 0.408 e. The number of aromatic hydroxyl groups is 1. The van der Waals surface area contributed by atoms with Crippen LogP contribution in [0.25, 0.3) is 0 Å². The van der Waals surface area contributed by atoms with Gasteiger partial charge in [-0.1, -0.05) is 31.9 Å². The minimum Gasteiger partial charge on any atom is -0.508 e. The average Bonchev–Trinajstić information content (AvgIpc) is 2.76. The van der Waals surface area contributed by atoms with Gasteiger partial charge in [0.15, 0.2) is 0 Å². The number of hydrogen-bond donors (Lipinski definition) is 3.